The first kappa shape index (κ1) is 601. The molecular formula is C74H243BF61N4. The summed E-state index contributed by atoms with van der Waals surface area (Å²) in [6.45, 7) is 20.8. The molecule has 4 N–H and O–H groups in total. The van der Waals surface area contributed by atoms with Gasteiger partial charge < -0.3 is 6.15 Å². The predicted octanol–water partition coefficient (Wildman–Crippen LogP) is 59.8. The lowest BCUT2D eigenvalue weighted by Crippen LogP contribution is -1.55. The van der Waals surface area contributed by atoms with E-state index in [4.69, 9.17) is 308 Å². The van der Waals surface area contributed by atoms with Gasteiger partial charge in [0.15, 0.2) is 0 Å². The van der Waals surface area contributed by atoms with Crippen LogP contribution < -0.4 is 6.15 Å². The highest BCUT2D eigenvalue weighted by Gasteiger charge is 1.57. The average molecular weight is 2360 g/mol. The van der Waals surface area contributed by atoms with Crippen molar-refractivity contribution in [3.8, 4) is 228 Å². The molecule has 0 aliphatic carbocycles. The summed E-state index contributed by atoms with van der Waals surface area (Å²) < 4.78 is 464. The van der Waals surface area contributed by atoms with Gasteiger partial charge in [-0.05, 0) is 199 Å². The van der Waals surface area contributed by atoms with Crippen molar-refractivity contribution in [1.82, 2.24) is 6.15 Å². The molecule has 66 heteroatoms. The van der Waals surface area contributed by atoms with Crippen LogP contribution in [0.1, 0.15) is 330 Å². The smallest absolute Gasteiger partial charge is 0 e. The van der Waals surface area contributed by atoms with Crippen LogP contribution in [0.5, 0.6) is 0 Å². The van der Waals surface area contributed by atoms with Crippen LogP contribution in [0.25, 0.3) is 10.4 Å². The third kappa shape index (κ3) is 11800. The van der Waals surface area contributed by atoms with Crippen LogP contribution in [0, 0.1) is 234 Å². The maximum atomic E-state index is 8.00. The minimum Gasteiger partial charge on any atom is -0.344 e. The predicted molar refractivity (Wildman–Crippen MR) is 579 cm³/mol. The molecule has 4 nitrogen and oxygen atoms in total. The minimum absolute atomic E-state index is 0. The molecule has 0 spiro atoms. The standard InChI is InChI=1S/C15H4.C11H4.C6H2.C5H4.C4H6.3C2H6.C2H2.25CH4.B.29F2.3FH.HN3.H3N.48H2/c1-3-5-7-9-11-13-15-14-12-10-8-6-4-2;1-3-5-7-9-11-10-8-6-4-2;1-3-5-6-4-2;1-3-5-4-2;1-3-4-2;4*1-2;;;;;;;;;;;;;;;;;;;;;;;;;;;29*1-2;;;;1-3-2;;;;;;;;;;;;;;;;;;;;;;;;;;;;;;;;;;;;;;;;;;;;;;;;;/h1H,2H3;1H,2H3;1-2H;1H,2H3;1-2H3;3*1-2H3;1-2H;25*1H4;;;;;;;;;;;;;;;;;;;;;;;;;;;;;;;3*1H;1H;1H3;48*1H. The minimum atomic E-state index is 0. The first-order valence-electron chi connectivity index (χ1n) is 18.3. The van der Waals surface area contributed by atoms with Crippen LogP contribution in [-0.2, 0) is 0 Å². The molecule has 0 saturated carbocycles. The van der Waals surface area contributed by atoms with Crippen LogP contribution in [0.15, 0.2) is 0 Å². The Morgan fingerprint density at radius 2 is 0.214 bits per heavy atom. The van der Waals surface area contributed by atoms with Crippen LogP contribution in [0.4, 0.5) is 279 Å². The second-order valence-corrected chi connectivity index (χ2v) is 4.70. The first-order valence-corrected chi connectivity index (χ1v) is 18.3. The second kappa shape index (κ2) is 5590. The van der Waals surface area contributed by atoms with Crippen LogP contribution in [-0.4, -0.2) is 8.41 Å². The molecule has 0 atom stereocenters. The normalized spacial score (nSPS) is 2.47. The van der Waals surface area contributed by atoms with E-state index >= 15 is 0 Å². The van der Waals surface area contributed by atoms with Gasteiger partial charge in [-0.1, -0.05) is 245 Å². The molecule has 0 rings (SSSR count). The van der Waals surface area contributed by atoms with Crippen molar-refractivity contribution in [2.75, 3.05) is 0 Å². The summed E-state index contributed by atoms with van der Waals surface area (Å²) in [7, 11) is 0. The summed E-state index contributed by atoms with van der Waals surface area (Å²) in [6, 6.07) is 0. The van der Waals surface area contributed by atoms with Gasteiger partial charge in [0, 0.05) is 342 Å². The number of rotatable bonds is 0. The lowest BCUT2D eigenvalue weighted by Gasteiger charge is -1.55. The van der Waals surface area contributed by atoms with E-state index < -0.39 is 0 Å². The fourth-order valence-corrected chi connectivity index (χ4v) is 0.779. The number of hydrogen-bond acceptors (Lipinski definition) is 2. The van der Waals surface area contributed by atoms with Crippen molar-refractivity contribution in [2.45, 2.75) is 262 Å². The van der Waals surface area contributed by atoms with Crippen molar-refractivity contribution in [3.63, 3.8) is 0 Å². The summed E-state index contributed by atoms with van der Waals surface area (Å²) in [5, 5.41) is 0. The van der Waals surface area contributed by atoms with Crippen molar-refractivity contribution in [2.24, 2.45) is 0 Å². The largest absolute Gasteiger partial charge is 0.344 e. The highest BCUT2D eigenvalue weighted by atomic mass is 20.1. The van der Waals surface area contributed by atoms with E-state index in [1.807, 2.05) is 55.4 Å². The fraction of sp³-hybridized carbons (Fsp3) is 0.486. The summed E-state index contributed by atoms with van der Waals surface area (Å²) in [4.78, 5) is 1.75. The van der Waals surface area contributed by atoms with Crippen molar-refractivity contribution in [3.05, 3.63) is 10.4 Å². The molecule has 3 radical (unpaired) electrons. The van der Waals surface area contributed by atoms with Gasteiger partial charge in [0.1, 0.15) is 0 Å². The number of terminal acetylenes is 6. The molecule has 0 aromatic heterocycles. The molecule has 0 aromatic rings. The number of halogens is 61. The van der Waals surface area contributed by atoms with E-state index in [-0.39, 0.29) is 283 Å². The van der Waals surface area contributed by atoms with Crippen LogP contribution in [0.3, 0.4) is 0 Å². The SMILES string of the molecule is C.C.C.C.C.C.C.C.C.C.C.C.C.C.C.C.C.C.C.C.C.C.C.C.C.C#C.C#CC#CC.C#CC#CC#C.C#CC#CC#CC#CC#CC.C#CC#CC#CC#CC#CC#CC#CC.CC.CC.CC.CC#CC.F.F.F.FF.FF.FF.FF.FF.FF.FF.FF.FF.FF.FF.FF.FF.FF.FF.FF.FF.FF.FF.FF.FF.FF.FF.FF.FF.FF.FF.FF.FF.N.[B].[HH].[HH].[HH].[HH].[HH].[HH].[HH].[HH].[HH].[HH].[HH].[HH].[HH].[HH].[HH].[HH].[HH].[HH].[HH].[HH].[HH].[HH].[HH].[HH].[HH].[HH].[HH].[HH].[HH].[HH].[HH].[HH].[HH].[HH].[HH].[HH].[HH].[HH].[HH].[HH].[HH].[HH].[HH].[HH].[HH].[HH].[HH].[HH].[N-]=[N+]=N. The Morgan fingerprint density at radius 1 is 0.164 bits per heavy atom. The Morgan fingerprint density at radius 3 is 0.257 bits per heavy atom. The van der Waals surface area contributed by atoms with Gasteiger partial charge in [0.25, 0.3) is 0 Å². The Kier molecular flexibility index (Phi) is 24000. The van der Waals surface area contributed by atoms with Gasteiger partial charge in [-0.2, -0.15) is 0 Å². The topological polar surface area (TPSA) is 95.2 Å². The van der Waals surface area contributed by atoms with Gasteiger partial charge in [0.05, 0.1) is 0 Å². The number of nitrogens with one attached hydrogen (secondary N) is 1. The molecule has 989 valence electrons. The van der Waals surface area contributed by atoms with E-state index in [2.05, 4.69) is 196 Å². The van der Waals surface area contributed by atoms with Gasteiger partial charge in [0.2, 0.25) is 0 Å². The van der Waals surface area contributed by atoms with Gasteiger partial charge in [-0.15, -0.1) is 62.3 Å². The zero-order valence-electron chi connectivity index (χ0n) is 56.4. The maximum absolute atomic E-state index is 8.00. The Balaban J connectivity index is -0.00000000242. The molecule has 0 saturated heterocycles. The lowest BCUT2D eigenvalue weighted by atomic mass is 10.5. The van der Waals surface area contributed by atoms with Crippen molar-refractivity contribution in [1.29, 1.82) is 5.53 Å². The first-order chi connectivity index (χ1) is 54.5. The molecule has 0 aliphatic rings. The van der Waals surface area contributed by atoms with Crippen LogP contribution >= 0.6 is 0 Å². The molecule has 0 bridgehead atoms. The zero-order chi connectivity index (χ0) is 101. The van der Waals surface area contributed by atoms with Gasteiger partial charge >= 0.3 is 0 Å². The Hall–Kier alpha value is -13.3. The van der Waals surface area contributed by atoms with Crippen molar-refractivity contribution >= 4 is 8.41 Å². The summed E-state index contributed by atoms with van der Waals surface area (Å²) in [5.41, 5.74) is 12.2. The summed E-state index contributed by atoms with van der Waals surface area (Å²) in [6.07, 6.45) is 31.8. The van der Waals surface area contributed by atoms with E-state index in [0.29, 0.717) is 0 Å². The molecule has 0 unspecified atom stereocenters. The van der Waals surface area contributed by atoms with E-state index in [9.17, 15) is 0 Å². The van der Waals surface area contributed by atoms with Crippen molar-refractivity contribution < 1.29 is 348 Å². The maximum Gasteiger partial charge on any atom is 0 e. The molecular weight excluding hydrogens is 2110 g/mol. The average Bonchev–Trinajstić information content (AvgIpc) is 1.13. The quantitative estimate of drug-likeness (QED) is 0.0620. The lowest BCUT2D eigenvalue weighted by molar-refractivity contribution is 0.108. The molecule has 0 amide bonds. The monoisotopic (exact) mass is 2360 g/mol. The third-order valence-electron chi connectivity index (χ3n) is 2.05. The zero-order valence-corrected chi connectivity index (χ0v) is 56.4. The van der Waals surface area contributed by atoms with E-state index in [1.54, 1.807) is 25.7 Å². The van der Waals surface area contributed by atoms with Crippen LogP contribution in [0.2, 0.25) is 0 Å². The van der Waals surface area contributed by atoms with E-state index in [0.717, 1.165) is 0 Å². The number of nitrogens with zero attached hydrogens (tertiary/aromatic N) is 2. The highest BCUT2D eigenvalue weighted by molar-refractivity contribution is 5.75. The summed E-state index contributed by atoms with van der Waals surface area (Å²) >= 11 is 0. The Labute approximate surface area is 870 Å². The second-order valence-electron chi connectivity index (χ2n) is 4.70. The fourth-order valence-electron chi connectivity index (χ4n) is 0.779. The third-order valence-corrected chi connectivity index (χ3v) is 2.05. The molecule has 0 heterocycles. The molecule has 0 aromatic carbocycles. The Bertz CT molecular complexity index is 2320. The highest BCUT2D eigenvalue weighted by Crippen LogP contribution is 1.59. The van der Waals surface area contributed by atoms with E-state index in [1.165, 1.54) is 0 Å². The molecule has 140 heavy (non-hydrogen) atoms. The summed E-state index contributed by atoms with van der Waals surface area (Å²) in [5.74, 6) is 74.9. The number of hydrogen-bond donors (Lipinski definition) is 2. The molecule has 0 aliphatic heterocycles. The van der Waals surface area contributed by atoms with Gasteiger partial charge in [-0.3, -0.25) is 14.1 Å². The molecule has 0 fully saturated rings. The van der Waals surface area contributed by atoms with Gasteiger partial charge in [-0.25, -0.2) is 0 Å².